The molecule has 116 valence electrons. The molecule has 0 atom stereocenters. The summed E-state index contributed by atoms with van der Waals surface area (Å²) in [6.45, 7) is 0.511. The van der Waals surface area contributed by atoms with Gasteiger partial charge in [0.15, 0.2) is 0 Å². The second kappa shape index (κ2) is 5.57. The molecule has 0 aromatic heterocycles. The Morgan fingerprint density at radius 3 is 2.00 bits per heavy atom. The van der Waals surface area contributed by atoms with Crippen LogP contribution in [-0.4, -0.2) is 56.2 Å². The Bertz CT molecular complexity index is 647. The van der Waals surface area contributed by atoms with Crippen molar-refractivity contribution >= 4 is 21.7 Å². The molecule has 1 aromatic carbocycles. The highest BCUT2D eigenvalue weighted by molar-refractivity contribution is 7.88. The number of hydrogen-bond donors (Lipinski definition) is 1. The molecule has 0 radical (unpaired) electrons. The summed E-state index contributed by atoms with van der Waals surface area (Å²) in [5.74, 6) is -3.36. The predicted octanol–water partition coefficient (Wildman–Crippen LogP) is 0.745. The van der Waals surface area contributed by atoms with E-state index in [9.17, 15) is 22.0 Å². The van der Waals surface area contributed by atoms with Crippen molar-refractivity contribution in [3.8, 4) is 0 Å². The zero-order chi connectivity index (χ0) is 15.8. The van der Waals surface area contributed by atoms with Crippen LogP contribution in [0.25, 0.3) is 0 Å². The molecule has 1 aromatic rings. The maximum absolute atomic E-state index is 13.9. The first-order chi connectivity index (χ1) is 9.70. The number of carboxylic acids is 1. The van der Waals surface area contributed by atoms with E-state index in [1.165, 1.54) is 9.21 Å². The zero-order valence-electron chi connectivity index (χ0n) is 11.2. The summed E-state index contributed by atoms with van der Waals surface area (Å²) < 4.78 is 51.8. The van der Waals surface area contributed by atoms with Crippen molar-refractivity contribution in [2.45, 2.75) is 0 Å². The van der Waals surface area contributed by atoms with Gasteiger partial charge in [-0.2, -0.15) is 4.31 Å². The first-order valence-corrected chi connectivity index (χ1v) is 7.97. The number of carbonyl (C=O) groups is 1. The van der Waals surface area contributed by atoms with E-state index >= 15 is 0 Å². The summed E-state index contributed by atoms with van der Waals surface area (Å²) in [6, 6.07) is 1.51. The van der Waals surface area contributed by atoms with Crippen molar-refractivity contribution in [1.82, 2.24) is 4.31 Å². The third kappa shape index (κ3) is 3.30. The molecule has 1 aliphatic rings. The number of halogens is 2. The SMILES string of the molecule is CS(=O)(=O)N1CCN(c2c(F)cc(C(=O)O)cc2F)CC1. The summed E-state index contributed by atoms with van der Waals surface area (Å²) >= 11 is 0. The third-order valence-corrected chi connectivity index (χ3v) is 4.59. The molecule has 21 heavy (non-hydrogen) atoms. The molecule has 0 spiro atoms. The van der Waals surface area contributed by atoms with Gasteiger partial charge in [0.25, 0.3) is 0 Å². The zero-order valence-corrected chi connectivity index (χ0v) is 12.0. The minimum atomic E-state index is -3.33. The normalized spacial score (nSPS) is 17.0. The van der Waals surface area contributed by atoms with Crippen molar-refractivity contribution < 1.29 is 27.1 Å². The van der Waals surface area contributed by atoms with E-state index in [0.29, 0.717) is 0 Å². The van der Waals surface area contributed by atoms with Crippen LogP contribution in [0.5, 0.6) is 0 Å². The number of hydrogen-bond acceptors (Lipinski definition) is 4. The molecule has 1 N–H and O–H groups in total. The Morgan fingerprint density at radius 1 is 1.14 bits per heavy atom. The molecular weight excluding hydrogens is 306 g/mol. The number of sulfonamides is 1. The topological polar surface area (TPSA) is 77.9 Å². The van der Waals surface area contributed by atoms with E-state index in [4.69, 9.17) is 5.11 Å². The molecule has 1 fully saturated rings. The molecular formula is C12H14F2N2O4S. The van der Waals surface area contributed by atoms with Gasteiger partial charge >= 0.3 is 5.97 Å². The van der Waals surface area contributed by atoms with Crippen LogP contribution >= 0.6 is 0 Å². The number of anilines is 1. The van der Waals surface area contributed by atoms with Crippen molar-refractivity contribution in [2.24, 2.45) is 0 Å². The summed E-state index contributed by atoms with van der Waals surface area (Å²) in [4.78, 5) is 12.1. The van der Waals surface area contributed by atoms with E-state index in [0.717, 1.165) is 18.4 Å². The average Bonchev–Trinajstić information content (AvgIpc) is 2.37. The van der Waals surface area contributed by atoms with Gasteiger partial charge in [-0.15, -0.1) is 0 Å². The van der Waals surface area contributed by atoms with Crippen LogP contribution < -0.4 is 4.90 Å². The Labute approximate surface area is 120 Å². The van der Waals surface area contributed by atoms with Gasteiger partial charge < -0.3 is 10.0 Å². The first kappa shape index (κ1) is 15.6. The fourth-order valence-corrected chi connectivity index (χ4v) is 3.06. The van der Waals surface area contributed by atoms with Crippen molar-refractivity contribution in [3.05, 3.63) is 29.3 Å². The second-order valence-electron chi connectivity index (χ2n) is 4.74. The number of carboxylic acid groups (broad SMARTS) is 1. The number of piperazine rings is 1. The molecule has 0 unspecified atom stereocenters. The van der Waals surface area contributed by atoms with E-state index in [2.05, 4.69) is 0 Å². The number of aromatic carboxylic acids is 1. The largest absolute Gasteiger partial charge is 0.478 e. The van der Waals surface area contributed by atoms with Crippen LogP contribution in [-0.2, 0) is 10.0 Å². The van der Waals surface area contributed by atoms with Crippen molar-refractivity contribution in [1.29, 1.82) is 0 Å². The number of rotatable bonds is 3. The van der Waals surface area contributed by atoms with Crippen LogP contribution in [0.3, 0.4) is 0 Å². The smallest absolute Gasteiger partial charge is 0.335 e. The summed E-state index contributed by atoms with van der Waals surface area (Å²) in [6.07, 6.45) is 1.07. The molecule has 0 amide bonds. The van der Waals surface area contributed by atoms with Gasteiger partial charge in [0.1, 0.15) is 17.3 Å². The number of nitrogens with zero attached hydrogens (tertiary/aromatic N) is 2. The Kier molecular flexibility index (Phi) is 4.15. The molecule has 6 nitrogen and oxygen atoms in total. The summed E-state index contributed by atoms with van der Waals surface area (Å²) in [7, 11) is -3.33. The fourth-order valence-electron chi connectivity index (χ4n) is 2.23. The van der Waals surface area contributed by atoms with Gasteiger partial charge in [-0.05, 0) is 12.1 Å². The maximum Gasteiger partial charge on any atom is 0.335 e. The Morgan fingerprint density at radius 2 is 1.62 bits per heavy atom. The van der Waals surface area contributed by atoms with Crippen LogP contribution in [0.1, 0.15) is 10.4 Å². The van der Waals surface area contributed by atoms with Crippen LogP contribution in [0.2, 0.25) is 0 Å². The average molecular weight is 320 g/mol. The molecule has 9 heteroatoms. The molecule has 0 bridgehead atoms. The Hall–Kier alpha value is -1.74. The molecule has 1 saturated heterocycles. The summed E-state index contributed by atoms with van der Waals surface area (Å²) in [5, 5.41) is 8.74. The molecule has 0 saturated carbocycles. The van der Waals surface area contributed by atoms with E-state index in [-0.39, 0.29) is 31.9 Å². The lowest BCUT2D eigenvalue weighted by atomic mass is 10.1. The number of benzene rings is 1. The maximum atomic E-state index is 13.9. The van der Waals surface area contributed by atoms with Crippen LogP contribution in [0, 0.1) is 11.6 Å². The second-order valence-corrected chi connectivity index (χ2v) is 6.73. The minimum absolute atomic E-state index is 0.123. The van der Waals surface area contributed by atoms with E-state index in [1.54, 1.807) is 0 Å². The highest BCUT2D eigenvalue weighted by Gasteiger charge is 2.27. The van der Waals surface area contributed by atoms with Crippen LogP contribution in [0.4, 0.5) is 14.5 Å². The van der Waals surface area contributed by atoms with Crippen LogP contribution in [0.15, 0.2) is 12.1 Å². The standard InChI is InChI=1S/C12H14F2N2O4S/c1-21(19,20)16-4-2-15(3-5-16)11-9(13)6-8(12(17)18)7-10(11)14/h6-7H,2-5H2,1H3,(H,17,18). The molecule has 1 heterocycles. The van der Waals surface area contributed by atoms with Crippen molar-refractivity contribution in [2.75, 3.05) is 37.3 Å². The predicted molar refractivity (Wildman–Crippen MR) is 71.9 cm³/mol. The summed E-state index contributed by atoms with van der Waals surface area (Å²) in [5.41, 5.74) is -0.795. The van der Waals surface area contributed by atoms with Gasteiger partial charge in [-0.25, -0.2) is 22.0 Å². The van der Waals surface area contributed by atoms with E-state index < -0.39 is 33.2 Å². The van der Waals surface area contributed by atoms with Gasteiger partial charge in [0, 0.05) is 26.2 Å². The lowest BCUT2D eigenvalue weighted by Gasteiger charge is -2.35. The lowest BCUT2D eigenvalue weighted by molar-refractivity contribution is 0.0695. The van der Waals surface area contributed by atoms with Gasteiger partial charge in [-0.3, -0.25) is 0 Å². The van der Waals surface area contributed by atoms with Gasteiger partial charge in [-0.1, -0.05) is 0 Å². The highest BCUT2D eigenvalue weighted by atomic mass is 32.2. The lowest BCUT2D eigenvalue weighted by Crippen LogP contribution is -2.48. The van der Waals surface area contributed by atoms with Gasteiger partial charge in [0.2, 0.25) is 10.0 Å². The molecule has 1 aliphatic heterocycles. The van der Waals surface area contributed by atoms with E-state index in [1.807, 2.05) is 0 Å². The monoisotopic (exact) mass is 320 g/mol. The highest BCUT2D eigenvalue weighted by Crippen LogP contribution is 2.26. The first-order valence-electron chi connectivity index (χ1n) is 6.12. The molecule has 0 aliphatic carbocycles. The minimum Gasteiger partial charge on any atom is -0.478 e. The Balaban J connectivity index is 2.23. The van der Waals surface area contributed by atoms with Crippen molar-refractivity contribution in [3.63, 3.8) is 0 Å². The quantitative estimate of drug-likeness (QED) is 0.889. The molecule has 2 rings (SSSR count). The van der Waals surface area contributed by atoms with Gasteiger partial charge in [0.05, 0.1) is 11.8 Å². The fraction of sp³-hybridized carbons (Fsp3) is 0.417. The third-order valence-electron chi connectivity index (χ3n) is 3.29.